The van der Waals surface area contributed by atoms with Gasteiger partial charge in [0.15, 0.2) is 5.82 Å². The van der Waals surface area contributed by atoms with Gasteiger partial charge in [-0.2, -0.15) is 4.98 Å². The van der Waals surface area contributed by atoms with Crippen molar-refractivity contribution < 1.29 is 0 Å². The zero-order chi connectivity index (χ0) is 15.1. The lowest BCUT2D eigenvalue weighted by Gasteiger charge is -2.08. The molecule has 4 rings (SSSR count). The molecular formula is C16H10ClN3OS. The summed E-state index contributed by atoms with van der Waals surface area (Å²) in [6.07, 6.45) is 4.42. The lowest BCUT2D eigenvalue weighted by Crippen LogP contribution is -2.01. The van der Waals surface area contributed by atoms with Crippen LogP contribution in [-0.4, -0.2) is 14.4 Å². The molecule has 0 radical (unpaired) electrons. The van der Waals surface area contributed by atoms with Crippen LogP contribution in [0.15, 0.2) is 53.6 Å². The van der Waals surface area contributed by atoms with Gasteiger partial charge in [0.25, 0.3) is 0 Å². The highest BCUT2D eigenvalue weighted by molar-refractivity contribution is 7.12. The van der Waals surface area contributed by atoms with Crippen LogP contribution in [0.2, 0.25) is 5.02 Å². The molecule has 1 aromatic heterocycles. The summed E-state index contributed by atoms with van der Waals surface area (Å²) in [4.78, 5) is 20.5. The number of hydrogen-bond acceptors (Lipinski definition) is 4. The average molecular weight is 328 g/mol. The molecule has 0 saturated heterocycles. The van der Waals surface area contributed by atoms with Gasteiger partial charge in [-0.25, -0.2) is 4.98 Å². The first-order chi connectivity index (χ1) is 10.7. The molecule has 0 bridgehead atoms. The smallest absolute Gasteiger partial charge is 0.285 e. The van der Waals surface area contributed by atoms with E-state index in [1.54, 1.807) is 6.20 Å². The molecule has 6 heteroatoms. The minimum Gasteiger partial charge on any atom is -0.285 e. The molecule has 3 heterocycles. The molecule has 0 fully saturated rings. The molecule has 22 heavy (non-hydrogen) atoms. The van der Waals surface area contributed by atoms with Gasteiger partial charge >= 0.3 is 4.87 Å². The fourth-order valence-corrected chi connectivity index (χ4v) is 3.23. The van der Waals surface area contributed by atoms with Gasteiger partial charge in [-0.15, -0.1) is 0 Å². The predicted molar refractivity (Wildman–Crippen MR) is 88.0 cm³/mol. The first kappa shape index (κ1) is 13.4. The Bertz CT molecular complexity index is 990. The second-order valence-corrected chi connectivity index (χ2v) is 6.42. The average Bonchev–Trinajstić information content (AvgIpc) is 2.90. The van der Waals surface area contributed by atoms with Gasteiger partial charge in [0.05, 0.1) is 11.1 Å². The number of benzene rings is 1. The summed E-state index contributed by atoms with van der Waals surface area (Å²) in [5, 5.41) is 0.735. The predicted octanol–water partition coefficient (Wildman–Crippen LogP) is 3.50. The van der Waals surface area contributed by atoms with Crippen molar-refractivity contribution in [1.82, 2.24) is 14.4 Å². The number of thiazole rings is 1. The summed E-state index contributed by atoms with van der Waals surface area (Å²) in [6, 6.07) is 11.8. The Kier molecular flexibility index (Phi) is 3.17. The van der Waals surface area contributed by atoms with E-state index in [0.717, 1.165) is 38.9 Å². The molecule has 0 N–H and O–H groups in total. The van der Waals surface area contributed by atoms with Crippen molar-refractivity contribution in [1.29, 1.82) is 0 Å². The zero-order valence-electron chi connectivity index (χ0n) is 11.4. The summed E-state index contributed by atoms with van der Waals surface area (Å²) < 4.78 is 1.85. The van der Waals surface area contributed by atoms with Crippen LogP contribution in [0.5, 0.6) is 0 Å². The van der Waals surface area contributed by atoms with Crippen molar-refractivity contribution in [3.8, 4) is 10.7 Å². The van der Waals surface area contributed by atoms with Gasteiger partial charge < -0.3 is 0 Å². The normalized spacial score (nSPS) is 11.3. The maximum absolute atomic E-state index is 11.4. The number of hydrogen-bond donors (Lipinski definition) is 0. The van der Waals surface area contributed by atoms with Gasteiger partial charge in [-0.1, -0.05) is 35.1 Å². The standard InChI is InChI=1S/C16H10ClN3OS/c17-12-3-1-10(2-4-12)7-11-5-6-20-14(8-11)18-9-13-15(20)19-16(21)22-13/h1-6,8-9H,7H2. The SMILES string of the molecule is O=c1nc2n3ccc(Cc4ccc(Cl)cc4)cc3ncc-2s1. The number of nitrogens with zero attached hydrogens (tertiary/aromatic N) is 3. The summed E-state index contributed by atoms with van der Waals surface area (Å²) in [5.41, 5.74) is 3.11. The Hall–Kier alpha value is -2.24. The van der Waals surface area contributed by atoms with Gasteiger partial charge in [0.1, 0.15) is 5.65 Å². The molecule has 0 amide bonds. The van der Waals surface area contributed by atoms with Crippen molar-refractivity contribution in [3.63, 3.8) is 0 Å². The lowest BCUT2D eigenvalue weighted by molar-refractivity contribution is 1.04. The van der Waals surface area contributed by atoms with Crippen molar-refractivity contribution in [2.24, 2.45) is 0 Å². The van der Waals surface area contributed by atoms with Crippen molar-refractivity contribution in [2.75, 3.05) is 0 Å². The largest absolute Gasteiger partial charge is 0.329 e. The van der Waals surface area contributed by atoms with Crippen molar-refractivity contribution >= 4 is 28.6 Å². The Labute approximate surface area is 135 Å². The molecule has 2 aliphatic rings. The summed E-state index contributed by atoms with van der Waals surface area (Å²) in [7, 11) is 0. The Morgan fingerprint density at radius 3 is 2.77 bits per heavy atom. The number of pyridine rings is 1. The highest BCUT2D eigenvalue weighted by Crippen LogP contribution is 2.23. The Balaban J connectivity index is 1.77. The molecular weight excluding hydrogens is 318 g/mol. The molecule has 0 atom stereocenters. The van der Waals surface area contributed by atoms with Gasteiger partial charge in [0, 0.05) is 11.2 Å². The van der Waals surface area contributed by atoms with E-state index >= 15 is 0 Å². The second-order valence-electron chi connectivity index (χ2n) is 4.99. The van der Waals surface area contributed by atoms with Crippen LogP contribution >= 0.6 is 22.9 Å². The quantitative estimate of drug-likeness (QED) is 0.566. The first-order valence-electron chi connectivity index (χ1n) is 6.70. The van der Waals surface area contributed by atoms with Crippen molar-refractivity contribution in [3.05, 3.63) is 74.6 Å². The van der Waals surface area contributed by atoms with E-state index in [1.165, 1.54) is 5.56 Å². The molecule has 0 spiro atoms. The highest BCUT2D eigenvalue weighted by atomic mass is 35.5. The van der Waals surface area contributed by atoms with E-state index in [2.05, 4.69) is 9.97 Å². The van der Waals surface area contributed by atoms with Gasteiger partial charge in [0.2, 0.25) is 0 Å². The third-order valence-electron chi connectivity index (χ3n) is 3.48. The number of aromatic nitrogens is 3. The zero-order valence-corrected chi connectivity index (χ0v) is 12.9. The molecule has 4 nitrogen and oxygen atoms in total. The molecule has 0 aliphatic carbocycles. The number of rotatable bonds is 2. The van der Waals surface area contributed by atoms with Crippen LogP contribution in [-0.2, 0) is 6.42 Å². The van der Waals surface area contributed by atoms with E-state index < -0.39 is 0 Å². The second kappa shape index (κ2) is 5.19. The highest BCUT2D eigenvalue weighted by Gasteiger charge is 2.12. The van der Waals surface area contributed by atoms with Gasteiger partial charge in [-0.3, -0.25) is 9.20 Å². The number of halogens is 1. The molecule has 0 saturated carbocycles. The van der Waals surface area contributed by atoms with Crippen LogP contribution in [0.25, 0.3) is 16.3 Å². The van der Waals surface area contributed by atoms with E-state index in [0.29, 0.717) is 5.82 Å². The third-order valence-corrected chi connectivity index (χ3v) is 4.50. The summed E-state index contributed by atoms with van der Waals surface area (Å²) in [6.45, 7) is 0. The third kappa shape index (κ3) is 2.38. The lowest BCUT2D eigenvalue weighted by atomic mass is 10.1. The summed E-state index contributed by atoms with van der Waals surface area (Å²) in [5.74, 6) is 0.665. The van der Waals surface area contributed by atoms with E-state index in [-0.39, 0.29) is 4.87 Å². The molecule has 1 aromatic carbocycles. The fourth-order valence-electron chi connectivity index (χ4n) is 2.44. The number of fused-ring (bicyclic) bond motifs is 3. The molecule has 0 unspecified atom stereocenters. The fraction of sp³-hybridized carbons (Fsp3) is 0.0625. The monoisotopic (exact) mass is 327 g/mol. The van der Waals surface area contributed by atoms with Crippen LogP contribution in [0, 0.1) is 0 Å². The van der Waals surface area contributed by atoms with Crippen LogP contribution in [0.3, 0.4) is 0 Å². The molecule has 2 aliphatic heterocycles. The van der Waals surface area contributed by atoms with Crippen LogP contribution in [0.4, 0.5) is 0 Å². The minimum absolute atomic E-state index is 0.193. The van der Waals surface area contributed by atoms with Crippen molar-refractivity contribution in [2.45, 2.75) is 6.42 Å². The first-order valence-corrected chi connectivity index (χ1v) is 7.90. The Morgan fingerprint density at radius 1 is 1.14 bits per heavy atom. The minimum atomic E-state index is -0.193. The topological polar surface area (TPSA) is 47.3 Å². The van der Waals surface area contributed by atoms with E-state index in [9.17, 15) is 4.79 Å². The molecule has 2 aromatic rings. The van der Waals surface area contributed by atoms with E-state index in [4.69, 9.17) is 11.6 Å². The summed E-state index contributed by atoms with van der Waals surface area (Å²) >= 11 is 7.02. The van der Waals surface area contributed by atoms with Crippen LogP contribution in [0.1, 0.15) is 11.1 Å². The molecule has 108 valence electrons. The van der Waals surface area contributed by atoms with E-state index in [1.807, 2.05) is 47.0 Å². The maximum atomic E-state index is 11.4. The maximum Gasteiger partial charge on any atom is 0.329 e. The van der Waals surface area contributed by atoms with Crippen LogP contribution < -0.4 is 4.87 Å². The van der Waals surface area contributed by atoms with Gasteiger partial charge in [-0.05, 0) is 41.8 Å². The Morgan fingerprint density at radius 2 is 1.95 bits per heavy atom.